The first kappa shape index (κ1) is 20.2. The first-order valence-electron chi connectivity index (χ1n) is 12.2. The number of fused-ring (bicyclic) bond motifs is 5. The van der Waals surface area contributed by atoms with Crippen molar-refractivity contribution in [2.45, 2.75) is 104 Å². The van der Waals surface area contributed by atoms with E-state index in [1.54, 1.807) is 0 Å². The third kappa shape index (κ3) is 3.31. The molecule has 2 nitrogen and oxygen atoms in total. The smallest absolute Gasteiger partial charge is 0.0543 e. The molecule has 4 aliphatic carbocycles. The van der Waals surface area contributed by atoms with Gasteiger partial charge in [0.1, 0.15) is 0 Å². The molecule has 0 spiro atoms. The molecule has 0 radical (unpaired) electrons. The Morgan fingerprint density at radius 2 is 1.63 bits per heavy atom. The molecule has 27 heavy (non-hydrogen) atoms. The third-order valence-corrected chi connectivity index (χ3v) is 10.5. The lowest BCUT2D eigenvalue weighted by molar-refractivity contribution is -0.129. The topological polar surface area (TPSA) is 40.5 Å². The molecular weight excluding hydrogens is 332 g/mol. The van der Waals surface area contributed by atoms with Crippen molar-refractivity contribution < 1.29 is 10.2 Å². The average molecular weight is 377 g/mol. The van der Waals surface area contributed by atoms with E-state index in [1.807, 2.05) is 0 Å². The molecule has 4 rings (SSSR count). The number of hydrogen-bond donors (Lipinski definition) is 2. The average Bonchev–Trinajstić information content (AvgIpc) is 3.00. The Balaban J connectivity index is 1.49. The SMILES string of the molecule is C[C@H](CCCCO)[C@H]1CC[C@H]2[C@@H]3CC[C@@H]4C[C@H](O)CC[C@]4(C)[C@H]3CC[C@]12C. The largest absolute Gasteiger partial charge is 0.396 e. The summed E-state index contributed by atoms with van der Waals surface area (Å²) in [7, 11) is 0. The minimum Gasteiger partial charge on any atom is -0.396 e. The Morgan fingerprint density at radius 3 is 2.41 bits per heavy atom. The Bertz CT molecular complexity index is 518. The fourth-order valence-electron chi connectivity index (χ4n) is 8.99. The maximum Gasteiger partial charge on any atom is 0.0543 e. The van der Waals surface area contributed by atoms with Gasteiger partial charge in [0.2, 0.25) is 0 Å². The zero-order chi connectivity index (χ0) is 19.2. The lowest BCUT2D eigenvalue weighted by atomic mass is 9.44. The standard InChI is InChI=1S/C25H44O2/c1-17(6-4-5-15-26)21-9-10-22-20-8-7-18-16-19(27)11-13-24(18,2)23(20)12-14-25(21,22)3/h17-23,26-27H,4-16H2,1-3H3/t17-,18-,19-,20+,21-,22+,23+,24+,25-/m1/s1. The summed E-state index contributed by atoms with van der Waals surface area (Å²) in [6.45, 7) is 8.12. The van der Waals surface area contributed by atoms with Crippen molar-refractivity contribution in [3.63, 3.8) is 0 Å². The number of aliphatic hydroxyl groups is 2. The number of aliphatic hydroxyl groups excluding tert-OH is 2. The van der Waals surface area contributed by atoms with Gasteiger partial charge >= 0.3 is 0 Å². The Labute approximate surface area is 167 Å². The molecule has 0 aliphatic heterocycles. The molecule has 0 aromatic carbocycles. The Morgan fingerprint density at radius 1 is 0.889 bits per heavy atom. The van der Waals surface area contributed by atoms with Gasteiger partial charge in [-0.3, -0.25) is 0 Å². The van der Waals surface area contributed by atoms with E-state index in [2.05, 4.69) is 20.8 Å². The van der Waals surface area contributed by atoms with E-state index in [4.69, 9.17) is 5.11 Å². The first-order chi connectivity index (χ1) is 12.9. The van der Waals surface area contributed by atoms with Crippen molar-refractivity contribution in [2.24, 2.45) is 46.3 Å². The molecule has 156 valence electrons. The van der Waals surface area contributed by atoms with E-state index < -0.39 is 0 Å². The second-order valence-electron chi connectivity index (χ2n) is 11.5. The van der Waals surface area contributed by atoms with E-state index in [9.17, 15) is 5.11 Å². The zero-order valence-electron chi connectivity index (χ0n) is 18.1. The molecule has 2 N–H and O–H groups in total. The molecule has 2 heteroatoms. The Hall–Kier alpha value is -0.0800. The maximum absolute atomic E-state index is 10.2. The van der Waals surface area contributed by atoms with Crippen LogP contribution in [0.15, 0.2) is 0 Å². The zero-order valence-corrected chi connectivity index (χ0v) is 18.1. The van der Waals surface area contributed by atoms with Crippen LogP contribution in [0.1, 0.15) is 97.8 Å². The van der Waals surface area contributed by atoms with Crippen LogP contribution in [-0.2, 0) is 0 Å². The maximum atomic E-state index is 10.2. The highest BCUT2D eigenvalue weighted by Gasteiger charge is 2.60. The lowest BCUT2D eigenvalue weighted by Crippen LogP contribution is -2.54. The molecule has 0 unspecified atom stereocenters. The van der Waals surface area contributed by atoms with Gasteiger partial charge in [-0.2, -0.15) is 0 Å². The van der Waals surface area contributed by atoms with Crippen LogP contribution in [0.3, 0.4) is 0 Å². The highest BCUT2D eigenvalue weighted by Crippen LogP contribution is 2.68. The molecule has 0 aromatic heterocycles. The first-order valence-corrected chi connectivity index (χ1v) is 12.2. The molecule has 0 bridgehead atoms. The van der Waals surface area contributed by atoms with E-state index in [1.165, 1.54) is 57.8 Å². The van der Waals surface area contributed by atoms with Crippen molar-refractivity contribution in [3.8, 4) is 0 Å². The van der Waals surface area contributed by atoms with Crippen molar-refractivity contribution in [1.29, 1.82) is 0 Å². The van der Waals surface area contributed by atoms with Crippen molar-refractivity contribution in [3.05, 3.63) is 0 Å². The summed E-state index contributed by atoms with van der Waals surface area (Å²) in [5, 5.41) is 19.4. The van der Waals surface area contributed by atoms with Gasteiger partial charge in [0.15, 0.2) is 0 Å². The van der Waals surface area contributed by atoms with Gasteiger partial charge in [-0.05, 0) is 111 Å². The number of unbranched alkanes of at least 4 members (excludes halogenated alkanes) is 1. The van der Waals surface area contributed by atoms with Crippen LogP contribution in [0.2, 0.25) is 0 Å². The summed E-state index contributed by atoms with van der Waals surface area (Å²) in [6.07, 6.45) is 15.5. The summed E-state index contributed by atoms with van der Waals surface area (Å²) in [4.78, 5) is 0. The molecule has 4 fully saturated rings. The predicted molar refractivity (Wildman–Crippen MR) is 111 cm³/mol. The lowest BCUT2D eigenvalue weighted by Gasteiger charge is -2.61. The molecule has 0 heterocycles. The van der Waals surface area contributed by atoms with E-state index in [-0.39, 0.29) is 6.10 Å². The van der Waals surface area contributed by atoms with E-state index >= 15 is 0 Å². The quantitative estimate of drug-likeness (QED) is 0.595. The van der Waals surface area contributed by atoms with Gasteiger partial charge in [0.25, 0.3) is 0 Å². The van der Waals surface area contributed by atoms with Crippen LogP contribution in [0.25, 0.3) is 0 Å². The van der Waals surface area contributed by atoms with Crippen LogP contribution in [0, 0.1) is 46.3 Å². The van der Waals surface area contributed by atoms with E-state index in [0.717, 1.165) is 54.8 Å². The molecule has 4 aliphatic rings. The second kappa shape index (κ2) is 7.63. The molecule has 0 saturated heterocycles. The summed E-state index contributed by atoms with van der Waals surface area (Å²) in [5.41, 5.74) is 1.07. The van der Waals surface area contributed by atoms with Crippen molar-refractivity contribution in [1.82, 2.24) is 0 Å². The second-order valence-corrected chi connectivity index (χ2v) is 11.5. The molecular formula is C25H44O2. The van der Waals surface area contributed by atoms with Gasteiger partial charge in [-0.1, -0.05) is 33.6 Å². The monoisotopic (exact) mass is 376 g/mol. The summed E-state index contributed by atoms with van der Waals surface area (Å²) < 4.78 is 0. The molecule has 4 saturated carbocycles. The molecule has 0 aromatic rings. The van der Waals surface area contributed by atoms with Crippen LogP contribution >= 0.6 is 0 Å². The van der Waals surface area contributed by atoms with Gasteiger partial charge < -0.3 is 10.2 Å². The summed E-state index contributed by atoms with van der Waals surface area (Å²) >= 11 is 0. The van der Waals surface area contributed by atoms with Crippen LogP contribution in [0.4, 0.5) is 0 Å². The van der Waals surface area contributed by atoms with Gasteiger partial charge in [-0.15, -0.1) is 0 Å². The summed E-state index contributed by atoms with van der Waals surface area (Å²) in [6, 6.07) is 0. The fourth-order valence-corrected chi connectivity index (χ4v) is 8.99. The molecule has 0 amide bonds. The predicted octanol–water partition coefficient (Wildman–Crippen LogP) is 5.80. The van der Waals surface area contributed by atoms with Crippen LogP contribution in [0.5, 0.6) is 0 Å². The number of hydrogen-bond acceptors (Lipinski definition) is 2. The minimum absolute atomic E-state index is 0.0240. The number of rotatable bonds is 5. The minimum atomic E-state index is -0.0240. The Kier molecular flexibility index (Phi) is 5.71. The highest BCUT2D eigenvalue weighted by molar-refractivity contribution is 5.09. The van der Waals surface area contributed by atoms with Gasteiger partial charge in [0, 0.05) is 6.61 Å². The third-order valence-electron chi connectivity index (χ3n) is 10.5. The fraction of sp³-hybridized carbons (Fsp3) is 1.00. The van der Waals surface area contributed by atoms with Crippen molar-refractivity contribution in [2.75, 3.05) is 6.61 Å². The normalized spacial score (nSPS) is 50.6. The molecule has 9 atom stereocenters. The van der Waals surface area contributed by atoms with Crippen LogP contribution < -0.4 is 0 Å². The summed E-state index contributed by atoms with van der Waals surface area (Å²) in [5.74, 6) is 5.33. The van der Waals surface area contributed by atoms with Gasteiger partial charge in [-0.25, -0.2) is 0 Å². The van der Waals surface area contributed by atoms with Crippen molar-refractivity contribution >= 4 is 0 Å². The highest BCUT2D eigenvalue weighted by atomic mass is 16.3. The van der Waals surface area contributed by atoms with E-state index in [0.29, 0.717) is 17.4 Å². The van der Waals surface area contributed by atoms with Crippen LogP contribution in [-0.4, -0.2) is 22.9 Å². The van der Waals surface area contributed by atoms with Gasteiger partial charge in [0.05, 0.1) is 6.10 Å².